The Bertz CT molecular complexity index is 752. The fraction of sp³-hybridized carbons (Fsp3) is 0.333. The minimum absolute atomic E-state index is 0.00603. The average Bonchev–Trinajstić information content (AvgIpc) is 2.69. The predicted molar refractivity (Wildman–Crippen MR) is 107 cm³/mol. The lowest BCUT2D eigenvalue weighted by atomic mass is 9.98. The van der Waals surface area contributed by atoms with E-state index < -0.39 is 6.04 Å². The first-order valence-electron chi connectivity index (χ1n) is 9.03. The van der Waals surface area contributed by atoms with Crippen molar-refractivity contribution < 1.29 is 14.3 Å². The van der Waals surface area contributed by atoms with Crippen LogP contribution in [0.5, 0.6) is 5.75 Å². The predicted octanol–water partition coefficient (Wildman–Crippen LogP) is 3.68. The highest BCUT2D eigenvalue weighted by Crippen LogP contribution is 2.16. The first-order valence-corrected chi connectivity index (χ1v) is 9.41. The Morgan fingerprint density at radius 3 is 2.52 bits per heavy atom. The van der Waals surface area contributed by atoms with Crippen LogP contribution in [0.2, 0.25) is 5.02 Å². The van der Waals surface area contributed by atoms with Gasteiger partial charge in [0, 0.05) is 10.6 Å². The van der Waals surface area contributed by atoms with Crippen LogP contribution in [0.1, 0.15) is 30.6 Å². The van der Waals surface area contributed by atoms with Crippen LogP contribution < -0.4 is 15.4 Å². The van der Waals surface area contributed by atoms with E-state index in [1.165, 1.54) is 0 Å². The quantitative estimate of drug-likeness (QED) is 0.644. The van der Waals surface area contributed by atoms with E-state index in [9.17, 15) is 9.59 Å². The molecule has 0 spiro atoms. The Morgan fingerprint density at radius 1 is 1.11 bits per heavy atom. The molecule has 0 aliphatic carbocycles. The Hall–Kier alpha value is -2.53. The second-order valence-electron chi connectivity index (χ2n) is 6.30. The van der Waals surface area contributed by atoms with Gasteiger partial charge in [-0.1, -0.05) is 56.1 Å². The third-order valence-electron chi connectivity index (χ3n) is 4.28. The van der Waals surface area contributed by atoms with Crippen molar-refractivity contribution in [1.82, 2.24) is 10.6 Å². The van der Waals surface area contributed by atoms with Crippen LogP contribution in [-0.2, 0) is 4.79 Å². The molecule has 2 aromatic carbocycles. The zero-order valence-corrected chi connectivity index (χ0v) is 16.3. The zero-order chi connectivity index (χ0) is 19.6. The van der Waals surface area contributed by atoms with Crippen LogP contribution in [0.15, 0.2) is 54.6 Å². The second kappa shape index (κ2) is 10.6. The van der Waals surface area contributed by atoms with E-state index in [4.69, 9.17) is 16.3 Å². The van der Waals surface area contributed by atoms with E-state index in [0.717, 1.165) is 6.42 Å². The molecule has 0 saturated heterocycles. The summed E-state index contributed by atoms with van der Waals surface area (Å²) in [5.41, 5.74) is 0.530. The van der Waals surface area contributed by atoms with E-state index in [1.54, 1.807) is 48.5 Å². The van der Waals surface area contributed by atoms with Crippen LogP contribution in [0, 0.1) is 5.92 Å². The highest BCUT2D eigenvalue weighted by atomic mass is 35.5. The number of carbonyl (C=O) groups excluding carboxylic acids is 2. The van der Waals surface area contributed by atoms with Gasteiger partial charge in [-0.15, -0.1) is 0 Å². The normalized spacial score (nSPS) is 12.7. The maximum Gasteiger partial charge on any atom is 0.251 e. The molecule has 0 saturated carbocycles. The molecule has 0 aromatic heterocycles. The molecule has 2 N–H and O–H groups in total. The van der Waals surface area contributed by atoms with Crippen LogP contribution in [0.4, 0.5) is 0 Å². The smallest absolute Gasteiger partial charge is 0.251 e. The summed E-state index contributed by atoms with van der Waals surface area (Å²) in [6.45, 7) is 4.57. The molecule has 2 atom stereocenters. The lowest BCUT2D eigenvalue weighted by Crippen LogP contribution is -2.50. The van der Waals surface area contributed by atoms with Gasteiger partial charge in [0.1, 0.15) is 18.4 Å². The molecule has 2 amide bonds. The summed E-state index contributed by atoms with van der Waals surface area (Å²) < 4.78 is 5.57. The number of halogens is 1. The minimum Gasteiger partial charge on any atom is -0.492 e. The number of nitrogens with one attached hydrogen (secondary N) is 2. The Balaban J connectivity index is 1.87. The summed E-state index contributed by atoms with van der Waals surface area (Å²) in [5, 5.41) is 6.26. The summed E-state index contributed by atoms with van der Waals surface area (Å²) in [5.74, 6) is 0.175. The Kier molecular flexibility index (Phi) is 8.14. The molecule has 2 rings (SSSR count). The molecule has 0 bridgehead atoms. The standard InChI is InChI=1S/C21H25ClN2O3/c1-3-15(2)19(24-20(25)16-8-5-4-6-9-16)21(26)23-12-13-27-18-11-7-10-17(22)14-18/h4-11,14-15,19H,3,12-13H2,1-2H3,(H,23,26)(H,24,25). The van der Waals surface area contributed by atoms with E-state index in [2.05, 4.69) is 10.6 Å². The van der Waals surface area contributed by atoms with Crippen molar-refractivity contribution in [2.24, 2.45) is 5.92 Å². The van der Waals surface area contributed by atoms with Gasteiger partial charge >= 0.3 is 0 Å². The number of benzene rings is 2. The molecule has 2 aromatic rings. The van der Waals surface area contributed by atoms with Gasteiger partial charge in [0.15, 0.2) is 0 Å². The van der Waals surface area contributed by atoms with Gasteiger partial charge in [0.05, 0.1) is 6.54 Å². The fourth-order valence-electron chi connectivity index (χ4n) is 2.53. The second-order valence-corrected chi connectivity index (χ2v) is 6.74. The van der Waals surface area contributed by atoms with Gasteiger partial charge in [0.25, 0.3) is 5.91 Å². The Labute approximate surface area is 165 Å². The first kappa shape index (κ1) is 20.8. The number of amides is 2. The molecule has 0 radical (unpaired) electrons. The molecule has 0 aliphatic heterocycles. The maximum absolute atomic E-state index is 12.6. The highest BCUT2D eigenvalue weighted by molar-refractivity contribution is 6.30. The third-order valence-corrected chi connectivity index (χ3v) is 4.52. The summed E-state index contributed by atoms with van der Waals surface area (Å²) in [6.07, 6.45) is 0.770. The van der Waals surface area contributed by atoms with Crippen molar-refractivity contribution in [1.29, 1.82) is 0 Å². The van der Waals surface area contributed by atoms with E-state index >= 15 is 0 Å². The number of rotatable bonds is 9. The third kappa shape index (κ3) is 6.61. The number of ether oxygens (including phenoxy) is 1. The lowest BCUT2D eigenvalue weighted by Gasteiger charge is -2.23. The summed E-state index contributed by atoms with van der Waals surface area (Å²) in [7, 11) is 0. The SMILES string of the molecule is CCC(C)C(NC(=O)c1ccccc1)C(=O)NCCOc1cccc(Cl)c1. The number of carbonyl (C=O) groups is 2. The highest BCUT2D eigenvalue weighted by Gasteiger charge is 2.26. The zero-order valence-electron chi connectivity index (χ0n) is 15.6. The topological polar surface area (TPSA) is 67.4 Å². The fourth-order valence-corrected chi connectivity index (χ4v) is 2.71. The van der Waals surface area contributed by atoms with Crippen LogP contribution >= 0.6 is 11.6 Å². The molecule has 144 valence electrons. The largest absolute Gasteiger partial charge is 0.492 e. The van der Waals surface area contributed by atoms with Gasteiger partial charge in [0.2, 0.25) is 5.91 Å². The summed E-state index contributed by atoms with van der Waals surface area (Å²) in [6, 6.07) is 15.3. The van der Waals surface area contributed by atoms with Gasteiger partial charge in [-0.05, 0) is 36.2 Å². The lowest BCUT2D eigenvalue weighted by molar-refractivity contribution is -0.124. The van der Waals surface area contributed by atoms with E-state index in [1.807, 2.05) is 19.9 Å². The molecular weight excluding hydrogens is 364 g/mol. The van der Waals surface area contributed by atoms with E-state index in [-0.39, 0.29) is 17.7 Å². The van der Waals surface area contributed by atoms with Gasteiger partial charge in [-0.3, -0.25) is 9.59 Å². The van der Waals surface area contributed by atoms with Crippen LogP contribution in [0.25, 0.3) is 0 Å². The van der Waals surface area contributed by atoms with Gasteiger partial charge < -0.3 is 15.4 Å². The first-order chi connectivity index (χ1) is 13.0. The molecule has 5 nitrogen and oxygen atoms in total. The van der Waals surface area contributed by atoms with Gasteiger partial charge in [-0.25, -0.2) is 0 Å². The van der Waals surface area contributed by atoms with Crippen molar-refractivity contribution in [2.75, 3.05) is 13.2 Å². The molecular formula is C21H25ClN2O3. The molecule has 27 heavy (non-hydrogen) atoms. The average molecular weight is 389 g/mol. The van der Waals surface area contributed by atoms with Crippen LogP contribution in [-0.4, -0.2) is 31.0 Å². The van der Waals surface area contributed by atoms with Crippen LogP contribution in [0.3, 0.4) is 0 Å². The molecule has 0 aliphatic rings. The Morgan fingerprint density at radius 2 is 1.85 bits per heavy atom. The summed E-state index contributed by atoms with van der Waals surface area (Å²) in [4.78, 5) is 25.0. The summed E-state index contributed by atoms with van der Waals surface area (Å²) >= 11 is 5.91. The van der Waals surface area contributed by atoms with Crippen molar-refractivity contribution in [2.45, 2.75) is 26.3 Å². The minimum atomic E-state index is -0.603. The monoisotopic (exact) mass is 388 g/mol. The van der Waals surface area contributed by atoms with Crippen molar-refractivity contribution >= 4 is 23.4 Å². The molecule has 2 unspecified atom stereocenters. The number of hydrogen-bond donors (Lipinski definition) is 2. The van der Waals surface area contributed by atoms with E-state index in [0.29, 0.717) is 29.5 Å². The van der Waals surface area contributed by atoms with Crippen molar-refractivity contribution in [3.8, 4) is 5.75 Å². The van der Waals surface area contributed by atoms with Crippen molar-refractivity contribution in [3.63, 3.8) is 0 Å². The maximum atomic E-state index is 12.6. The molecule has 0 heterocycles. The van der Waals surface area contributed by atoms with Crippen molar-refractivity contribution in [3.05, 3.63) is 65.2 Å². The molecule has 6 heteroatoms. The van der Waals surface area contributed by atoms with Gasteiger partial charge in [-0.2, -0.15) is 0 Å². The number of hydrogen-bond acceptors (Lipinski definition) is 3. The molecule has 0 fully saturated rings.